The lowest BCUT2D eigenvalue weighted by atomic mass is 10.1. The van der Waals surface area contributed by atoms with Crippen LogP contribution in [0.15, 0.2) is 66.7 Å². The zero-order chi connectivity index (χ0) is 22.2. The Morgan fingerprint density at radius 1 is 0.903 bits per heavy atom. The van der Waals surface area contributed by atoms with Gasteiger partial charge in [-0.15, -0.1) is 0 Å². The molecule has 0 aliphatic carbocycles. The molecule has 8 heteroatoms. The lowest BCUT2D eigenvalue weighted by Crippen LogP contribution is -2.47. The summed E-state index contributed by atoms with van der Waals surface area (Å²) in [5.74, 6) is -2.29. The minimum atomic E-state index is -3.44. The largest absolute Gasteiger partial charge is 0.425 e. The molecule has 0 saturated heterocycles. The van der Waals surface area contributed by atoms with Gasteiger partial charge in [0, 0.05) is 6.26 Å². The summed E-state index contributed by atoms with van der Waals surface area (Å²) in [5.41, 5.74) is 0.353. The fourth-order valence-corrected chi connectivity index (χ4v) is 4.24. The van der Waals surface area contributed by atoms with Gasteiger partial charge in [-0.05, 0) is 41.5 Å². The first-order chi connectivity index (χ1) is 14.7. The SMILES string of the molecule is CS(=O)(=O)CCC(C(=O)Oc1ccc2ccccc2c1)N1C(=O)c2ccccc2C1=O. The van der Waals surface area contributed by atoms with Gasteiger partial charge in [0.05, 0.1) is 16.9 Å². The van der Waals surface area contributed by atoms with Crippen molar-refractivity contribution >= 4 is 38.4 Å². The number of carbonyl (C=O) groups excluding carboxylic acids is 3. The van der Waals surface area contributed by atoms with Crippen LogP contribution in [0.5, 0.6) is 5.75 Å². The van der Waals surface area contributed by atoms with Gasteiger partial charge in [-0.1, -0.05) is 42.5 Å². The van der Waals surface area contributed by atoms with Crippen LogP contribution in [0.4, 0.5) is 0 Å². The van der Waals surface area contributed by atoms with E-state index < -0.39 is 33.7 Å². The Bertz CT molecular complexity index is 1280. The number of amides is 2. The molecule has 3 aromatic carbocycles. The number of nitrogens with zero attached hydrogens (tertiary/aromatic N) is 1. The monoisotopic (exact) mass is 437 g/mol. The van der Waals surface area contributed by atoms with Gasteiger partial charge in [0.2, 0.25) is 0 Å². The second-order valence-corrected chi connectivity index (χ2v) is 9.65. The molecule has 1 aliphatic heterocycles. The zero-order valence-electron chi connectivity index (χ0n) is 16.6. The average Bonchev–Trinajstić information content (AvgIpc) is 2.98. The fraction of sp³-hybridized carbons (Fsp3) is 0.174. The van der Waals surface area contributed by atoms with Crippen molar-refractivity contribution in [3.05, 3.63) is 77.9 Å². The fourth-order valence-electron chi connectivity index (χ4n) is 3.58. The number of rotatable bonds is 6. The molecule has 2 amide bonds. The molecule has 0 radical (unpaired) electrons. The Labute approximate surface area is 179 Å². The molecule has 1 heterocycles. The second kappa shape index (κ2) is 7.96. The Morgan fingerprint density at radius 3 is 2.10 bits per heavy atom. The van der Waals surface area contributed by atoms with Gasteiger partial charge in [-0.2, -0.15) is 0 Å². The van der Waals surface area contributed by atoms with E-state index in [1.165, 1.54) is 12.1 Å². The first kappa shape index (κ1) is 20.7. The lowest BCUT2D eigenvalue weighted by Gasteiger charge is -2.24. The minimum Gasteiger partial charge on any atom is -0.425 e. The van der Waals surface area contributed by atoms with E-state index in [-0.39, 0.29) is 29.1 Å². The predicted molar refractivity (Wildman–Crippen MR) is 115 cm³/mol. The maximum atomic E-state index is 13.0. The summed E-state index contributed by atoms with van der Waals surface area (Å²) >= 11 is 0. The van der Waals surface area contributed by atoms with Crippen molar-refractivity contribution in [3.8, 4) is 5.75 Å². The molecule has 3 aromatic rings. The van der Waals surface area contributed by atoms with Gasteiger partial charge in [0.15, 0.2) is 0 Å². The van der Waals surface area contributed by atoms with Crippen LogP contribution in [0, 0.1) is 0 Å². The third kappa shape index (κ3) is 4.20. The van der Waals surface area contributed by atoms with Crippen molar-refractivity contribution < 1.29 is 27.5 Å². The molecule has 1 unspecified atom stereocenters. The van der Waals surface area contributed by atoms with Crippen LogP contribution < -0.4 is 4.74 Å². The maximum absolute atomic E-state index is 13.0. The van der Waals surface area contributed by atoms with Crippen molar-refractivity contribution in [1.82, 2.24) is 4.90 Å². The van der Waals surface area contributed by atoms with Crippen molar-refractivity contribution in [3.63, 3.8) is 0 Å². The van der Waals surface area contributed by atoms with E-state index in [0.29, 0.717) is 0 Å². The molecule has 158 valence electrons. The smallest absolute Gasteiger partial charge is 0.334 e. The Morgan fingerprint density at radius 2 is 1.48 bits per heavy atom. The van der Waals surface area contributed by atoms with Crippen LogP contribution in [0.1, 0.15) is 27.1 Å². The van der Waals surface area contributed by atoms with Gasteiger partial charge in [-0.3, -0.25) is 14.5 Å². The molecule has 1 atom stereocenters. The highest BCUT2D eigenvalue weighted by Crippen LogP contribution is 2.27. The number of esters is 1. The Hall–Kier alpha value is -3.52. The first-order valence-electron chi connectivity index (χ1n) is 9.60. The topological polar surface area (TPSA) is 97.8 Å². The number of hydrogen-bond donors (Lipinski definition) is 0. The van der Waals surface area contributed by atoms with Gasteiger partial charge >= 0.3 is 5.97 Å². The Balaban J connectivity index is 1.65. The van der Waals surface area contributed by atoms with Crippen LogP contribution in [0.25, 0.3) is 10.8 Å². The molecule has 0 N–H and O–H groups in total. The molecule has 4 rings (SSSR count). The van der Waals surface area contributed by atoms with E-state index in [2.05, 4.69) is 0 Å². The summed E-state index contributed by atoms with van der Waals surface area (Å²) < 4.78 is 28.9. The first-order valence-corrected chi connectivity index (χ1v) is 11.7. The molecule has 31 heavy (non-hydrogen) atoms. The highest BCUT2D eigenvalue weighted by atomic mass is 32.2. The van der Waals surface area contributed by atoms with Gasteiger partial charge < -0.3 is 4.74 Å². The Kier molecular flexibility index (Phi) is 5.32. The van der Waals surface area contributed by atoms with Crippen LogP contribution in [0.2, 0.25) is 0 Å². The number of hydrogen-bond acceptors (Lipinski definition) is 6. The molecule has 0 saturated carbocycles. The highest BCUT2D eigenvalue weighted by molar-refractivity contribution is 7.90. The molecule has 0 fully saturated rings. The maximum Gasteiger partial charge on any atom is 0.334 e. The van der Waals surface area contributed by atoms with Crippen molar-refractivity contribution in [2.45, 2.75) is 12.5 Å². The number of carbonyl (C=O) groups is 3. The molecule has 0 aromatic heterocycles. The number of imide groups is 1. The molecular weight excluding hydrogens is 418 g/mol. The van der Waals surface area contributed by atoms with Gasteiger partial charge in [-0.25, -0.2) is 13.2 Å². The number of sulfone groups is 1. The summed E-state index contributed by atoms with van der Waals surface area (Å²) in [5, 5.41) is 1.80. The van der Waals surface area contributed by atoms with E-state index in [1.807, 2.05) is 24.3 Å². The van der Waals surface area contributed by atoms with E-state index in [4.69, 9.17) is 4.74 Å². The summed E-state index contributed by atoms with van der Waals surface area (Å²) in [4.78, 5) is 39.5. The number of ether oxygens (including phenoxy) is 1. The number of benzene rings is 3. The molecule has 0 bridgehead atoms. The normalized spacial score (nSPS) is 14.5. The summed E-state index contributed by atoms with van der Waals surface area (Å²) in [6.07, 6.45) is 0.776. The van der Waals surface area contributed by atoms with E-state index in [9.17, 15) is 22.8 Å². The molecule has 7 nitrogen and oxygen atoms in total. The average molecular weight is 437 g/mol. The number of fused-ring (bicyclic) bond motifs is 2. The third-order valence-electron chi connectivity index (χ3n) is 5.11. The zero-order valence-corrected chi connectivity index (χ0v) is 17.5. The summed E-state index contributed by atoms with van der Waals surface area (Å²) in [6, 6.07) is 17.4. The van der Waals surface area contributed by atoms with Crippen molar-refractivity contribution in [2.24, 2.45) is 0 Å². The van der Waals surface area contributed by atoms with E-state index in [1.54, 1.807) is 30.3 Å². The lowest BCUT2D eigenvalue weighted by molar-refractivity contribution is -0.138. The van der Waals surface area contributed by atoms with Crippen LogP contribution in [0.3, 0.4) is 0 Å². The molecule has 1 aliphatic rings. The second-order valence-electron chi connectivity index (χ2n) is 7.39. The highest BCUT2D eigenvalue weighted by Gasteiger charge is 2.43. The predicted octanol–water partition coefficient (Wildman–Crippen LogP) is 2.84. The summed E-state index contributed by atoms with van der Waals surface area (Å²) in [7, 11) is -3.44. The van der Waals surface area contributed by atoms with E-state index in [0.717, 1.165) is 21.9 Å². The van der Waals surface area contributed by atoms with Crippen molar-refractivity contribution in [2.75, 3.05) is 12.0 Å². The van der Waals surface area contributed by atoms with Crippen LogP contribution in [-0.4, -0.2) is 49.2 Å². The quantitative estimate of drug-likeness (QED) is 0.334. The van der Waals surface area contributed by atoms with Gasteiger partial charge in [0.1, 0.15) is 21.6 Å². The minimum absolute atomic E-state index is 0.176. The van der Waals surface area contributed by atoms with Crippen LogP contribution in [-0.2, 0) is 14.6 Å². The van der Waals surface area contributed by atoms with Crippen LogP contribution >= 0.6 is 0 Å². The molecular formula is C23H19NO6S. The summed E-state index contributed by atoms with van der Waals surface area (Å²) in [6.45, 7) is 0. The standard InChI is InChI=1S/C23H19NO6S/c1-31(28,29)13-12-20(24-21(25)18-8-4-5-9-19(18)22(24)26)23(27)30-17-11-10-15-6-2-3-7-16(15)14-17/h2-11,14,20H,12-13H2,1H3. The van der Waals surface area contributed by atoms with Gasteiger partial charge in [0.25, 0.3) is 11.8 Å². The van der Waals surface area contributed by atoms with E-state index >= 15 is 0 Å². The molecule has 0 spiro atoms. The van der Waals surface area contributed by atoms with Crippen molar-refractivity contribution in [1.29, 1.82) is 0 Å². The third-order valence-corrected chi connectivity index (χ3v) is 6.09.